The first kappa shape index (κ1) is 12.7. The number of carboxylic acids is 1. The summed E-state index contributed by atoms with van der Waals surface area (Å²) in [7, 11) is 1.51. The molecular formula is C13H16O5. The van der Waals surface area contributed by atoms with Crippen molar-refractivity contribution in [2.24, 2.45) is 0 Å². The fourth-order valence-corrected chi connectivity index (χ4v) is 1.97. The molecule has 0 radical (unpaired) electrons. The molecule has 5 heteroatoms. The lowest BCUT2D eigenvalue weighted by molar-refractivity contribution is -0.136. The van der Waals surface area contributed by atoms with Crippen molar-refractivity contribution in [3.05, 3.63) is 23.8 Å². The maximum Gasteiger partial charge on any atom is 0.307 e. The largest absolute Gasteiger partial charge is 0.493 e. The molecule has 0 aromatic heterocycles. The van der Waals surface area contributed by atoms with Crippen molar-refractivity contribution in [1.82, 2.24) is 0 Å². The fourth-order valence-electron chi connectivity index (χ4n) is 1.97. The first-order chi connectivity index (χ1) is 8.70. The van der Waals surface area contributed by atoms with E-state index in [-0.39, 0.29) is 12.5 Å². The van der Waals surface area contributed by atoms with Crippen molar-refractivity contribution in [3.8, 4) is 11.5 Å². The summed E-state index contributed by atoms with van der Waals surface area (Å²) in [5, 5.41) is 8.85. The third kappa shape index (κ3) is 2.92. The Morgan fingerprint density at radius 1 is 1.56 bits per heavy atom. The summed E-state index contributed by atoms with van der Waals surface area (Å²) in [6, 6.07) is 5.28. The fraction of sp³-hybridized carbons (Fsp3) is 0.462. The van der Waals surface area contributed by atoms with Crippen LogP contribution in [0.2, 0.25) is 0 Å². The molecule has 2 rings (SSSR count). The van der Waals surface area contributed by atoms with Gasteiger partial charge >= 0.3 is 5.97 Å². The zero-order chi connectivity index (χ0) is 13.0. The van der Waals surface area contributed by atoms with Crippen LogP contribution in [0.5, 0.6) is 11.5 Å². The Labute approximate surface area is 105 Å². The first-order valence-electron chi connectivity index (χ1n) is 5.82. The van der Waals surface area contributed by atoms with Crippen molar-refractivity contribution in [3.63, 3.8) is 0 Å². The van der Waals surface area contributed by atoms with Gasteiger partial charge in [-0.1, -0.05) is 12.1 Å². The number of hydrogen-bond donors (Lipinski definition) is 1. The summed E-state index contributed by atoms with van der Waals surface area (Å²) in [5.41, 5.74) is 0.612. The smallest absolute Gasteiger partial charge is 0.307 e. The monoisotopic (exact) mass is 252 g/mol. The van der Waals surface area contributed by atoms with Gasteiger partial charge in [0.1, 0.15) is 6.10 Å². The lowest BCUT2D eigenvalue weighted by atomic mass is 10.1. The average Bonchev–Trinajstić information content (AvgIpc) is 2.81. The number of aliphatic carboxylic acids is 1. The molecule has 0 aliphatic carbocycles. The summed E-state index contributed by atoms with van der Waals surface area (Å²) < 4.78 is 16.3. The van der Waals surface area contributed by atoms with Gasteiger partial charge in [-0.25, -0.2) is 0 Å². The molecule has 0 bridgehead atoms. The number of rotatable bonds is 5. The summed E-state index contributed by atoms with van der Waals surface area (Å²) in [6.45, 7) is 1.26. The number of benzene rings is 1. The van der Waals surface area contributed by atoms with Crippen molar-refractivity contribution < 1.29 is 24.1 Å². The highest BCUT2D eigenvalue weighted by Crippen LogP contribution is 2.33. The van der Waals surface area contributed by atoms with Crippen molar-refractivity contribution >= 4 is 5.97 Å². The van der Waals surface area contributed by atoms with Gasteiger partial charge in [0.05, 0.1) is 26.7 Å². The van der Waals surface area contributed by atoms with Crippen LogP contribution in [0.3, 0.4) is 0 Å². The van der Waals surface area contributed by atoms with E-state index >= 15 is 0 Å². The minimum Gasteiger partial charge on any atom is -0.493 e. The number of methoxy groups -OCH3 is 1. The topological polar surface area (TPSA) is 65.0 Å². The molecule has 0 amide bonds. The van der Waals surface area contributed by atoms with E-state index in [2.05, 4.69) is 0 Å². The molecule has 1 aromatic carbocycles. The van der Waals surface area contributed by atoms with E-state index in [0.29, 0.717) is 30.3 Å². The van der Waals surface area contributed by atoms with Crippen LogP contribution in [0.15, 0.2) is 18.2 Å². The van der Waals surface area contributed by atoms with Gasteiger partial charge in [0, 0.05) is 12.0 Å². The van der Waals surface area contributed by atoms with E-state index in [4.69, 9.17) is 19.3 Å². The zero-order valence-corrected chi connectivity index (χ0v) is 10.2. The molecule has 0 spiro atoms. The van der Waals surface area contributed by atoms with Crippen molar-refractivity contribution in [2.75, 3.05) is 20.3 Å². The molecule has 1 aliphatic heterocycles. The lowest BCUT2D eigenvalue weighted by Crippen LogP contribution is -2.16. The Morgan fingerprint density at radius 2 is 2.39 bits per heavy atom. The normalized spacial score (nSPS) is 18.6. The second-order valence-corrected chi connectivity index (χ2v) is 4.12. The van der Waals surface area contributed by atoms with Gasteiger partial charge in [0.25, 0.3) is 0 Å². The maximum atomic E-state index is 10.8. The van der Waals surface area contributed by atoms with Gasteiger partial charge in [0.15, 0.2) is 11.5 Å². The van der Waals surface area contributed by atoms with Crippen LogP contribution < -0.4 is 9.47 Å². The minimum atomic E-state index is -0.894. The number of carbonyl (C=O) groups is 1. The van der Waals surface area contributed by atoms with E-state index in [9.17, 15) is 4.79 Å². The van der Waals surface area contributed by atoms with Crippen LogP contribution in [0.1, 0.15) is 12.0 Å². The highest BCUT2D eigenvalue weighted by atomic mass is 16.6. The van der Waals surface area contributed by atoms with Crippen LogP contribution in [-0.2, 0) is 16.0 Å². The van der Waals surface area contributed by atoms with Gasteiger partial charge in [-0.3, -0.25) is 4.79 Å². The quantitative estimate of drug-likeness (QED) is 0.860. The minimum absolute atomic E-state index is 0.0129. The number of hydrogen-bond acceptors (Lipinski definition) is 4. The summed E-state index contributed by atoms with van der Waals surface area (Å²) in [4.78, 5) is 10.8. The van der Waals surface area contributed by atoms with Crippen LogP contribution in [0, 0.1) is 0 Å². The van der Waals surface area contributed by atoms with E-state index < -0.39 is 5.97 Å². The Bertz CT molecular complexity index is 423. The number of para-hydroxylation sites is 1. The SMILES string of the molecule is COc1c(CC(=O)O)cccc1OC1CCOC1. The third-order valence-corrected chi connectivity index (χ3v) is 2.79. The summed E-state index contributed by atoms with van der Waals surface area (Å²) >= 11 is 0. The maximum absolute atomic E-state index is 10.8. The van der Waals surface area contributed by atoms with Gasteiger partial charge in [-0.15, -0.1) is 0 Å². The first-order valence-corrected chi connectivity index (χ1v) is 5.82. The second-order valence-electron chi connectivity index (χ2n) is 4.12. The predicted molar refractivity (Wildman–Crippen MR) is 64.2 cm³/mol. The van der Waals surface area contributed by atoms with E-state index in [1.54, 1.807) is 18.2 Å². The Hall–Kier alpha value is -1.75. The Balaban J connectivity index is 2.19. The molecule has 1 aromatic rings. The number of ether oxygens (including phenoxy) is 3. The summed E-state index contributed by atoms with van der Waals surface area (Å²) in [6.07, 6.45) is 0.771. The van der Waals surface area contributed by atoms with Gasteiger partial charge in [-0.05, 0) is 6.07 Å². The van der Waals surface area contributed by atoms with Gasteiger partial charge in [-0.2, -0.15) is 0 Å². The van der Waals surface area contributed by atoms with Gasteiger partial charge in [0.2, 0.25) is 0 Å². The van der Waals surface area contributed by atoms with Gasteiger partial charge < -0.3 is 19.3 Å². The van der Waals surface area contributed by atoms with Crippen LogP contribution in [-0.4, -0.2) is 37.5 Å². The van der Waals surface area contributed by atoms with Crippen LogP contribution in [0.4, 0.5) is 0 Å². The molecule has 1 unspecified atom stereocenters. The van der Waals surface area contributed by atoms with Crippen molar-refractivity contribution in [2.45, 2.75) is 18.9 Å². The molecule has 1 saturated heterocycles. The highest BCUT2D eigenvalue weighted by Gasteiger charge is 2.20. The molecule has 1 fully saturated rings. The molecule has 18 heavy (non-hydrogen) atoms. The molecule has 1 N–H and O–H groups in total. The number of carboxylic acid groups (broad SMARTS) is 1. The standard InChI is InChI=1S/C13H16O5/c1-16-13-9(7-12(14)15)3-2-4-11(13)18-10-5-6-17-8-10/h2-4,10H,5-8H2,1H3,(H,14,15). The van der Waals surface area contributed by atoms with Crippen LogP contribution in [0.25, 0.3) is 0 Å². The summed E-state index contributed by atoms with van der Waals surface area (Å²) in [5.74, 6) is 0.174. The van der Waals surface area contributed by atoms with E-state index in [0.717, 1.165) is 6.42 Å². The second kappa shape index (κ2) is 5.73. The molecular weight excluding hydrogens is 236 g/mol. The molecule has 1 heterocycles. The predicted octanol–water partition coefficient (Wildman–Crippen LogP) is 1.49. The zero-order valence-electron chi connectivity index (χ0n) is 10.2. The average molecular weight is 252 g/mol. The lowest BCUT2D eigenvalue weighted by Gasteiger charge is -2.16. The van der Waals surface area contributed by atoms with E-state index in [1.165, 1.54) is 7.11 Å². The third-order valence-electron chi connectivity index (χ3n) is 2.79. The molecule has 98 valence electrons. The molecule has 5 nitrogen and oxygen atoms in total. The van der Waals surface area contributed by atoms with E-state index in [1.807, 2.05) is 0 Å². The molecule has 1 atom stereocenters. The molecule has 0 saturated carbocycles. The highest BCUT2D eigenvalue weighted by molar-refractivity contribution is 5.72. The van der Waals surface area contributed by atoms with Crippen molar-refractivity contribution in [1.29, 1.82) is 0 Å². The molecule has 1 aliphatic rings. The Kier molecular flexibility index (Phi) is 4.04. The Morgan fingerprint density at radius 3 is 3.00 bits per heavy atom. The van der Waals surface area contributed by atoms with Crippen LogP contribution >= 0.6 is 0 Å².